The molecule has 1 aliphatic carbocycles. The van der Waals surface area contributed by atoms with Crippen LogP contribution in [0.2, 0.25) is 0 Å². The molecule has 1 fully saturated rings. The van der Waals surface area contributed by atoms with Crippen LogP contribution in [-0.4, -0.2) is 16.5 Å². The number of amides is 1. The maximum atomic E-state index is 13.0. The van der Waals surface area contributed by atoms with Gasteiger partial charge in [-0.2, -0.15) is 0 Å². The third kappa shape index (κ3) is 4.39. The first-order valence-electron chi connectivity index (χ1n) is 11.1. The molecule has 3 nitrogen and oxygen atoms in total. The molecule has 3 aromatic rings. The Balaban J connectivity index is 1.67. The Bertz CT molecular complexity index is 964. The van der Waals surface area contributed by atoms with E-state index < -0.39 is 0 Å². The van der Waals surface area contributed by atoms with E-state index in [0.717, 1.165) is 19.4 Å². The van der Waals surface area contributed by atoms with Gasteiger partial charge in [-0.1, -0.05) is 67.3 Å². The summed E-state index contributed by atoms with van der Waals surface area (Å²) in [5.74, 6) is 0.243. The van der Waals surface area contributed by atoms with E-state index in [9.17, 15) is 4.79 Å². The molecule has 1 amide bonds. The van der Waals surface area contributed by atoms with Crippen LogP contribution in [0.4, 0.5) is 0 Å². The van der Waals surface area contributed by atoms with Crippen molar-refractivity contribution >= 4 is 16.8 Å². The van der Waals surface area contributed by atoms with E-state index in [0.29, 0.717) is 12.5 Å². The predicted octanol–water partition coefficient (Wildman–Crippen LogP) is 5.94. The van der Waals surface area contributed by atoms with E-state index in [1.54, 1.807) is 0 Å². The average molecular weight is 389 g/mol. The maximum absolute atomic E-state index is 13.0. The SMILES string of the molecule is CCn1cc([C@@H](CC(=O)NC2CCCCC2)c2ccc(C)cc2)c2ccccc21. The fourth-order valence-corrected chi connectivity index (χ4v) is 4.74. The second-order valence-electron chi connectivity index (χ2n) is 8.46. The number of fused-ring (bicyclic) bond motifs is 1. The lowest BCUT2D eigenvalue weighted by molar-refractivity contribution is -0.122. The molecule has 2 aromatic carbocycles. The molecule has 1 aliphatic rings. The molecule has 0 saturated heterocycles. The zero-order valence-corrected chi connectivity index (χ0v) is 17.7. The zero-order chi connectivity index (χ0) is 20.2. The van der Waals surface area contributed by atoms with Gasteiger partial charge in [-0.3, -0.25) is 4.79 Å². The van der Waals surface area contributed by atoms with Gasteiger partial charge in [0, 0.05) is 42.0 Å². The van der Waals surface area contributed by atoms with Crippen molar-refractivity contribution in [1.82, 2.24) is 9.88 Å². The van der Waals surface area contributed by atoms with Crippen LogP contribution < -0.4 is 5.32 Å². The molecule has 29 heavy (non-hydrogen) atoms. The van der Waals surface area contributed by atoms with Crippen LogP contribution >= 0.6 is 0 Å². The molecule has 152 valence electrons. The Hall–Kier alpha value is -2.55. The zero-order valence-electron chi connectivity index (χ0n) is 17.7. The smallest absolute Gasteiger partial charge is 0.221 e. The molecule has 1 heterocycles. The van der Waals surface area contributed by atoms with Gasteiger partial charge in [-0.05, 0) is 43.9 Å². The van der Waals surface area contributed by atoms with Gasteiger partial charge in [0.05, 0.1) is 0 Å². The highest BCUT2D eigenvalue weighted by Gasteiger charge is 2.24. The van der Waals surface area contributed by atoms with Crippen molar-refractivity contribution in [3.05, 3.63) is 71.4 Å². The number of carbonyl (C=O) groups is 1. The second kappa shape index (κ2) is 8.86. The van der Waals surface area contributed by atoms with Gasteiger partial charge in [0.2, 0.25) is 5.91 Å². The van der Waals surface area contributed by atoms with E-state index in [-0.39, 0.29) is 11.8 Å². The Morgan fingerprint density at radius 2 is 1.79 bits per heavy atom. The third-order valence-corrected chi connectivity index (χ3v) is 6.38. The third-order valence-electron chi connectivity index (χ3n) is 6.38. The standard InChI is InChI=1S/C26H32N2O/c1-3-28-18-24(22-11-7-8-12-25(22)28)23(20-15-13-19(2)14-16-20)17-26(29)27-21-9-5-4-6-10-21/h7-8,11-16,18,21,23H,3-6,9-10,17H2,1-2H3,(H,27,29)/t23-/m0/s1. The van der Waals surface area contributed by atoms with Crippen molar-refractivity contribution in [2.24, 2.45) is 0 Å². The van der Waals surface area contributed by atoms with Gasteiger partial charge >= 0.3 is 0 Å². The number of benzene rings is 2. The van der Waals surface area contributed by atoms with Gasteiger partial charge in [-0.25, -0.2) is 0 Å². The molecule has 0 aliphatic heterocycles. The molecule has 0 unspecified atom stereocenters. The van der Waals surface area contributed by atoms with Crippen LogP contribution in [0.1, 0.15) is 68.1 Å². The van der Waals surface area contributed by atoms with Crippen molar-refractivity contribution in [3.63, 3.8) is 0 Å². The first-order chi connectivity index (χ1) is 14.2. The number of aryl methyl sites for hydroxylation is 2. The van der Waals surface area contributed by atoms with Gasteiger partial charge < -0.3 is 9.88 Å². The van der Waals surface area contributed by atoms with Crippen LogP contribution in [0.15, 0.2) is 54.7 Å². The Labute approximate surface area is 174 Å². The summed E-state index contributed by atoms with van der Waals surface area (Å²) in [5.41, 5.74) is 4.96. The minimum atomic E-state index is 0.0666. The van der Waals surface area contributed by atoms with Gasteiger partial charge in [0.25, 0.3) is 0 Å². The normalized spacial score (nSPS) is 16.1. The summed E-state index contributed by atoms with van der Waals surface area (Å²) in [4.78, 5) is 13.0. The quantitative estimate of drug-likeness (QED) is 0.557. The minimum absolute atomic E-state index is 0.0666. The van der Waals surface area contributed by atoms with Crippen molar-refractivity contribution in [1.29, 1.82) is 0 Å². The number of aromatic nitrogens is 1. The molecule has 0 radical (unpaired) electrons. The number of rotatable bonds is 6. The van der Waals surface area contributed by atoms with Crippen LogP contribution in [0, 0.1) is 6.92 Å². The molecule has 1 saturated carbocycles. The highest BCUT2D eigenvalue weighted by Crippen LogP contribution is 2.35. The molecular formula is C26H32N2O. The van der Waals surface area contributed by atoms with Crippen molar-refractivity contribution in [3.8, 4) is 0 Å². The molecule has 0 bridgehead atoms. The van der Waals surface area contributed by atoms with Crippen molar-refractivity contribution < 1.29 is 4.79 Å². The molecule has 0 spiro atoms. The fraction of sp³-hybridized carbons (Fsp3) is 0.423. The predicted molar refractivity (Wildman–Crippen MR) is 120 cm³/mol. The van der Waals surface area contributed by atoms with Gasteiger partial charge in [0.1, 0.15) is 0 Å². The second-order valence-corrected chi connectivity index (χ2v) is 8.46. The van der Waals surface area contributed by atoms with E-state index in [4.69, 9.17) is 0 Å². The summed E-state index contributed by atoms with van der Waals surface area (Å²) in [7, 11) is 0. The Morgan fingerprint density at radius 1 is 1.07 bits per heavy atom. The number of nitrogens with zero attached hydrogens (tertiary/aromatic N) is 1. The summed E-state index contributed by atoms with van der Waals surface area (Å²) in [6, 6.07) is 17.6. The average Bonchev–Trinajstić information content (AvgIpc) is 3.12. The number of para-hydroxylation sites is 1. The lowest BCUT2D eigenvalue weighted by Crippen LogP contribution is -2.36. The van der Waals surface area contributed by atoms with Crippen LogP contribution in [0.3, 0.4) is 0 Å². The van der Waals surface area contributed by atoms with E-state index in [1.807, 2.05) is 0 Å². The number of carbonyl (C=O) groups excluding carboxylic acids is 1. The molecule has 3 heteroatoms. The van der Waals surface area contributed by atoms with Gasteiger partial charge in [-0.15, -0.1) is 0 Å². The highest BCUT2D eigenvalue weighted by molar-refractivity contribution is 5.86. The summed E-state index contributed by atoms with van der Waals surface area (Å²) < 4.78 is 2.30. The summed E-state index contributed by atoms with van der Waals surface area (Å²) >= 11 is 0. The fourth-order valence-electron chi connectivity index (χ4n) is 4.74. The topological polar surface area (TPSA) is 34.0 Å². The lowest BCUT2D eigenvalue weighted by Gasteiger charge is -2.24. The molecule has 1 N–H and O–H groups in total. The largest absolute Gasteiger partial charge is 0.353 e. The van der Waals surface area contributed by atoms with Crippen LogP contribution in [0.25, 0.3) is 10.9 Å². The minimum Gasteiger partial charge on any atom is -0.353 e. The molecule has 4 rings (SSSR count). The van der Waals surface area contributed by atoms with Crippen LogP contribution in [-0.2, 0) is 11.3 Å². The van der Waals surface area contributed by atoms with Crippen molar-refractivity contribution in [2.45, 2.75) is 70.9 Å². The molecule has 1 aromatic heterocycles. The van der Waals surface area contributed by atoms with Gasteiger partial charge in [0.15, 0.2) is 0 Å². The number of nitrogens with one attached hydrogen (secondary N) is 1. The number of hydrogen-bond donors (Lipinski definition) is 1. The Morgan fingerprint density at radius 3 is 2.52 bits per heavy atom. The van der Waals surface area contributed by atoms with E-state index >= 15 is 0 Å². The van der Waals surface area contributed by atoms with E-state index in [2.05, 4.69) is 78.5 Å². The first-order valence-corrected chi connectivity index (χ1v) is 11.1. The number of hydrogen-bond acceptors (Lipinski definition) is 1. The summed E-state index contributed by atoms with van der Waals surface area (Å²) in [6.45, 7) is 5.21. The van der Waals surface area contributed by atoms with Crippen molar-refractivity contribution in [2.75, 3.05) is 0 Å². The summed E-state index contributed by atoms with van der Waals surface area (Å²) in [6.07, 6.45) is 8.76. The maximum Gasteiger partial charge on any atom is 0.221 e. The lowest BCUT2D eigenvalue weighted by atomic mass is 9.87. The monoisotopic (exact) mass is 388 g/mol. The Kier molecular flexibility index (Phi) is 6.03. The molecular weight excluding hydrogens is 356 g/mol. The molecule has 1 atom stereocenters. The summed E-state index contributed by atoms with van der Waals surface area (Å²) in [5, 5.41) is 4.58. The van der Waals surface area contributed by atoms with Crippen LogP contribution in [0.5, 0.6) is 0 Å². The van der Waals surface area contributed by atoms with E-state index in [1.165, 1.54) is 46.9 Å². The first kappa shape index (κ1) is 19.8. The highest BCUT2D eigenvalue weighted by atomic mass is 16.1.